The van der Waals surface area contributed by atoms with Crippen molar-refractivity contribution in [1.82, 2.24) is 4.98 Å². The third-order valence-corrected chi connectivity index (χ3v) is 5.92. The van der Waals surface area contributed by atoms with Gasteiger partial charge in [0.1, 0.15) is 18.9 Å². The molecule has 1 saturated heterocycles. The highest BCUT2D eigenvalue weighted by Crippen LogP contribution is 2.38. The summed E-state index contributed by atoms with van der Waals surface area (Å²) in [5, 5.41) is 12.3. The predicted molar refractivity (Wildman–Crippen MR) is 112 cm³/mol. The maximum absolute atomic E-state index is 6.30. The molecule has 0 N–H and O–H groups in total. The third kappa shape index (κ3) is 3.81. The van der Waals surface area contributed by atoms with Crippen molar-refractivity contribution < 1.29 is 9.47 Å². The van der Waals surface area contributed by atoms with Crippen LogP contribution >= 0.6 is 0 Å². The van der Waals surface area contributed by atoms with Crippen LogP contribution in [-0.2, 0) is 17.6 Å². The Bertz CT molecular complexity index is 934. The summed E-state index contributed by atoms with van der Waals surface area (Å²) in [6, 6.07) is 10.5. The van der Waals surface area contributed by atoms with E-state index < -0.39 is 0 Å². The second kappa shape index (κ2) is 8.41. The van der Waals surface area contributed by atoms with E-state index in [0.717, 1.165) is 43.6 Å². The van der Waals surface area contributed by atoms with Gasteiger partial charge in [0.15, 0.2) is 0 Å². The fourth-order valence-electron chi connectivity index (χ4n) is 4.48. The van der Waals surface area contributed by atoms with Gasteiger partial charge in [-0.05, 0) is 54.9 Å². The van der Waals surface area contributed by atoms with Crippen molar-refractivity contribution >= 4 is 5.71 Å². The average molecular weight is 390 g/mol. The molecule has 1 fully saturated rings. The minimum atomic E-state index is 0.142. The molecule has 1 aromatic carbocycles. The molecular formula is C23H26N4O2. The molecule has 0 radical (unpaired) electrons. The Morgan fingerprint density at radius 1 is 1.00 bits per heavy atom. The third-order valence-electron chi connectivity index (χ3n) is 5.92. The summed E-state index contributed by atoms with van der Waals surface area (Å²) < 4.78 is 12.1. The summed E-state index contributed by atoms with van der Waals surface area (Å²) in [5.74, 6) is 0.658. The minimum absolute atomic E-state index is 0.142. The van der Waals surface area contributed by atoms with E-state index in [2.05, 4.69) is 45.8 Å². The largest absolute Gasteiger partial charge is 0.474 e. The maximum atomic E-state index is 6.30. The lowest BCUT2D eigenvalue weighted by molar-refractivity contribution is 0.0662. The minimum Gasteiger partial charge on any atom is -0.474 e. The Morgan fingerprint density at radius 2 is 1.90 bits per heavy atom. The summed E-state index contributed by atoms with van der Waals surface area (Å²) in [6.45, 7) is 1.81. The van der Waals surface area contributed by atoms with E-state index in [0.29, 0.717) is 19.0 Å². The van der Waals surface area contributed by atoms with Gasteiger partial charge in [-0.25, -0.2) is 4.98 Å². The number of fused-ring (bicyclic) bond motifs is 1. The summed E-state index contributed by atoms with van der Waals surface area (Å²) in [4.78, 5) is 5.02. The van der Waals surface area contributed by atoms with Crippen molar-refractivity contribution in [2.45, 2.75) is 51.0 Å². The molecule has 29 heavy (non-hydrogen) atoms. The number of aryl methyl sites for hydroxylation is 1. The molecule has 1 aromatic heterocycles. The van der Waals surface area contributed by atoms with Gasteiger partial charge in [-0.3, -0.25) is 0 Å². The lowest BCUT2D eigenvalue weighted by Crippen LogP contribution is -2.20. The van der Waals surface area contributed by atoms with Crippen molar-refractivity contribution in [2.24, 2.45) is 15.4 Å². The van der Waals surface area contributed by atoms with Crippen molar-refractivity contribution in [3.8, 4) is 17.0 Å². The lowest BCUT2D eigenvalue weighted by Gasteiger charge is -2.21. The molecule has 0 saturated carbocycles. The Balaban J connectivity index is 1.65. The van der Waals surface area contributed by atoms with Crippen molar-refractivity contribution in [1.29, 1.82) is 0 Å². The highest BCUT2D eigenvalue weighted by molar-refractivity contribution is 6.10. The zero-order valence-corrected chi connectivity index (χ0v) is 16.6. The number of aromatic nitrogens is 1. The molecular weight excluding hydrogens is 364 g/mol. The maximum Gasteiger partial charge on any atom is 0.223 e. The van der Waals surface area contributed by atoms with Gasteiger partial charge in [0.2, 0.25) is 5.88 Å². The summed E-state index contributed by atoms with van der Waals surface area (Å²) in [7, 11) is 0. The van der Waals surface area contributed by atoms with Crippen LogP contribution in [0.25, 0.3) is 11.1 Å². The summed E-state index contributed by atoms with van der Waals surface area (Å²) >= 11 is 0. The Labute approximate surface area is 171 Å². The molecule has 0 amide bonds. The molecule has 6 heteroatoms. The number of benzene rings is 1. The first kappa shape index (κ1) is 18.4. The Morgan fingerprint density at radius 3 is 2.69 bits per heavy atom. The van der Waals surface area contributed by atoms with Crippen LogP contribution in [0.5, 0.6) is 5.88 Å². The monoisotopic (exact) mass is 390 g/mol. The van der Waals surface area contributed by atoms with E-state index in [4.69, 9.17) is 14.5 Å². The van der Waals surface area contributed by atoms with Gasteiger partial charge in [0, 0.05) is 17.9 Å². The van der Waals surface area contributed by atoms with Crippen LogP contribution in [0, 0.1) is 0 Å². The first-order valence-corrected chi connectivity index (χ1v) is 10.7. The number of nitrogens with zero attached hydrogens (tertiary/aromatic N) is 4. The van der Waals surface area contributed by atoms with Crippen LogP contribution in [0.4, 0.5) is 0 Å². The molecule has 3 heterocycles. The summed E-state index contributed by atoms with van der Waals surface area (Å²) in [6.07, 6.45) is 7.90. The highest BCUT2D eigenvalue weighted by atomic mass is 16.5. The van der Waals surface area contributed by atoms with E-state index in [1.807, 2.05) is 0 Å². The van der Waals surface area contributed by atoms with E-state index >= 15 is 0 Å². The molecule has 2 aliphatic heterocycles. The molecule has 6 nitrogen and oxygen atoms in total. The van der Waals surface area contributed by atoms with Gasteiger partial charge in [-0.2, -0.15) is 5.11 Å². The van der Waals surface area contributed by atoms with E-state index in [1.165, 1.54) is 41.6 Å². The second-order valence-electron chi connectivity index (χ2n) is 7.90. The molecule has 150 valence electrons. The quantitative estimate of drug-likeness (QED) is 0.692. The first-order chi connectivity index (χ1) is 14.4. The van der Waals surface area contributed by atoms with Crippen molar-refractivity contribution in [3.63, 3.8) is 0 Å². The fraction of sp³-hybridized carbons (Fsp3) is 0.478. The van der Waals surface area contributed by atoms with Crippen LogP contribution < -0.4 is 4.74 Å². The van der Waals surface area contributed by atoms with Crippen molar-refractivity contribution in [3.05, 3.63) is 47.2 Å². The predicted octanol–water partition coefficient (Wildman–Crippen LogP) is 4.75. The van der Waals surface area contributed by atoms with E-state index in [1.54, 1.807) is 0 Å². The topological polar surface area (TPSA) is 68.4 Å². The molecule has 1 unspecified atom stereocenters. The molecule has 0 bridgehead atoms. The van der Waals surface area contributed by atoms with Gasteiger partial charge < -0.3 is 9.47 Å². The van der Waals surface area contributed by atoms with Crippen LogP contribution in [0.3, 0.4) is 0 Å². The van der Waals surface area contributed by atoms with Gasteiger partial charge in [-0.15, -0.1) is 5.10 Å². The van der Waals surface area contributed by atoms with E-state index in [9.17, 15) is 0 Å². The molecule has 1 aliphatic carbocycles. The van der Waals surface area contributed by atoms with Crippen LogP contribution in [-0.4, -0.2) is 36.6 Å². The normalized spacial score (nSPS) is 21.0. The Hall–Kier alpha value is -2.60. The molecule has 0 spiro atoms. The number of hydrogen-bond donors (Lipinski definition) is 0. The van der Waals surface area contributed by atoms with Crippen LogP contribution in [0.2, 0.25) is 0 Å². The number of ether oxygens (including phenoxy) is 2. The second-order valence-corrected chi connectivity index (χ2v) is 7.90. The zero-order chi connectivity index (χ0) is 19.5. The first-order valence-electron chi connectivity index (χ1n) is 10.7. The number of pyridine rings is 1. The van der Waals surface area contributed by atoms with Gasteiger partial charge in [0.25, 0.3) is 0 Å². The van der Waals surface area contributed by atoms with Crippen LogP contribution in [0.1, 0.15) is 48.9 Å². The zero-order valence-electron chi connectivity index (χ0n) is 16.6. The van der Waals surface area contributed by atoms with Crippen molar-refractivity contribution in [2.75, 3.05) is 19.8 Å². The standard InChI is InChI=1S/C23H26N4O2/c1-3-8-16(9-4-1)21-18-11-5-2-6-12-19(18)25-23(22(21)20-14-24-27-26-20)29-15-17-10-7-13-28-17/h1,3-4,8-9,17H,2,5-7,10-15H2. The van der Waals surface area contributed by atoms with Gasteiger partial charge in [-0.1, -0.05) is 36.8 Å². The van der Waals surface area contributed by atoms with Gasteiger partial charge in [0.05, 0.1) is 11.7 Å². The van der Waals surface area contributed by atoms with E-state index in [-0.39, 0.29) is 6.10 Å². The Kier molecular flexibility index (Phi) is 5.35. The SMILES string of the molecule is c1ccc(-c2c3c(nc(OCC4CCCO4)c2C2=NN=NC2)CCCCC3)cc1. The number of hydrogen-bond acceptors (Lipinski definition) is 6. The molecule has 2 aromatic rings. The average Bonchev–Trinajstić information content (AvgIpc) is 3.43. The van der Waals surface area contributed by atoms with Gasteiger partial charge >= 0.3 is 0 Å². The summed E-state index contributed by atoms with van der Waals surface area (Å²) in [5.41, 5.74) is 6.68. The molecule has 5 rings (SSSR count). The highest BCUT2D eigenvalue weighted by Gasteiger charge is 2.28. The number of rotatable bonds is 5. The fourth-order valence-corrected chi connectivity index (χ4v) is 4.48. The molecule has 1 atom stereocenters. The van der Waals surface area contributed by atoms with Crippen LogP contribution in [0.15, 0.2) is 45.8 Å². The smallest absolute Gasteiger partial charge is 0.223 e. The lowest BCUT2D eigenvalue weighted by atomic mass is 9.89. The molecule has 3 aliphatic rings.